The molecule has 10 heteroatoms. The molecule has 1 fully saturated rings. The van der Waals surface area contributed by atoms with E-state index in [2.05, 4.69) is 32.5 Å². The molecular weight excluding hydrogens is 495 g/mol. The van der Waals surface area contributed by atoms with Crippen molar-refractivity contribution in [2.24, 2.45) is 5.92 Å². The minimum atomic E-state index is -4.50. The van der Waals surface area contributed by atoms with Gasteiger partial charge in [-0.1, -0.05) is 6.07 Å². The number of nitrogens with one attached hydrogen (secondary N) is 2. The number of piperidine rings is 1. The maximum Gasteiger partial charge on any atom is 0.416 e. The highest BCUT2D eigenvalue weighted by Crippen LogP contribution is 2.31. The van der Waals surface area contributed by atoms with E-state index in [1.807, 2.05) is 12.1 Å². The van der Waals surface area contributed by atoms with Crippen molar-refractivity contribution in [3.63, 3.8) is 0 Å². The van der Waals surface area contributed by atoms with Gasteiger partial charge in [0.05, 0.1) is 17.7 Å². The number of halogens is 3. The average molecular weight is 528 g/mol. The molecule has 1 amide bonds. The van der Waals surface area contributed by atoms with Gasteiger partial charge in [0.15, 0.2) is 0 Å². The fraction of sp³-hybridized carbons (Fsp3) is 0.393. The van der Waals surface area contributed by atoms with Crippen LogP contribution in [0.4, 0.5) is 24.7 Å². The summed E-state index contributed by atoms with van der Waals surface area (Å²) < 4.78 is 44.9. The summed E-state index contributed by atoms with van der Waals surface area (Å²) in [6, 6.07) is 11.3. The van der Waals surface area contributed by atoms with E-state index in [0.717, 1.165) is 49.5 Å². The molecule has 1 aliphatic rings. The number of pyridine rings is 2. The molecule has 0 saturated carbocycles. The van der Waals surface area contributed by atoms with Crippen molar-refractivity contribution in [2.75, 3.05) is 37.4 Å². The zero-order chi connectivity index (χ0) is 27.0. The number of hydrogen-bond acceptors (Lipinski definition) is 6. The lowest BCUT2D eigenvalue weighted by Crippen LogP contribution is -2.30. The highest BCUT2D eigenvalue weighted by Gasteiger charge is 2.30. The first-order valence-electron chi connectivity index (χ1n) is 12.7. The molecule has 1 aliphatic heterocycles. The summed E-state index contributed by atoms with van der Waals surface area (Å²) in [7, 11) is 2.16. The Labute approximate surface area is 220 Å². The Morgan fingerprint density at radius 3 is 2.68 bits per heavy atom. The van der Waals surface area contributed by atoms with E-state index in [-0.39, 0.29) is 11.3 Å². The van der Waals surface area contributed by atoms with Gasteiger partial charge in [-0.3, -0.25) is 4.79 Å². The number of likely N-dealkylation sites (tertiary alicyclic amines) is 1. The van der Waals surface area contributed by atoms with Crippen molar-refractivity contribution < 1.29 is 22.7 Å². The van der Waals surface area contributed by atoms with E-state index < -0.39 is 17.6 Å². The smallest absolute Gasteiger partial charge is 0.416 e. The molecular formula is C28H32F3N5O2. The topological polar surface area (TPSA) is 79.4 Å². The van der Waals surface area contributed by atoms with E-state index in [0.29, 0.717) is 24.8 Å². The first-order chi connectivity index (χ1) is 18.3. The molecule has 0 unspecified atom stereocenters. The number of carbonyl (C=O) groups is 1. The van der Waals surface area contributed by atoms with E-state index in [1.54, 1.807) is 18.3 Å². The molecule has 3 aromatic rings. The quantitative estimate of drug-likeness (QED) is 0.322. The van der Waals surface area contributed by atoms with Crippen LogP contribution in [-0.2, 0) is 12.7 Å². The SMILES string of the molecule is CN1CCC(CCCOc2cc(CNc3ncccc3C(=O)Nc3cccc(C(F)(F)F)c3)ccn2)CC1. The second-order valence-corrected chi connectivity index (χ2v) is 9.53. The summed E-state index contributed by atoms with van der Waals surface area (Å²) in [4.78, 5) is 23.7. The predicted octanol–water partition coefficient (Wildman–Crippen LogP) is 5.86. The van der Waals surface area contributed by atoms with Crippen molar-refractivity contribution in [1.29, 1.82) is 0 Å². The van der Waals surface area contributed by atoms with Gasteiger partial charge in [0, 0.05) is 30.7 Å². The molecule has 2 N–H and O–H groups in total. The summed E-state index contributed by atoms with van der Waals surface area (Å²) in [5.41, 5.74) is 0.313. The Balaban J connectivity index is 1.30. The van der Waals surface area contributed by atoms with Crippen LogP contribution in [-0.4, -0.2) is 47.5 Å². The number of anilines is 2. The fourth-order valence-electron chi connectivity index (χ4n) is 4.43. The van der Waals surface area contributed by atoms with Gasteiger partial charge >= 0.3 is 6.18 Å². The summed E-state index contributed by atoms with van der Waals surface area (Å²) >= 11 is 0. The number of amides is 1. The fourth-order valence-corrected chi connectivity index (χ4v) is 4.43. The first kappa shape index (κ1) is 27.4. The normalized spacial score (nSPS) is 14.7. The molecule has 202 valence electrons. The lowest BCUT2D eigenvalue weighted by molar-refractivity contribution is -0.137. The van der Waals surface area contributed by atoms with E-state index in [9.17, 15) is 18.0 Å². The van der Waals surface area contributed by atoms with Crippen LogP contribution in [0.3, 0.4) is 0 Å². The Bertz CT molecular complexity index is 1210. The van der Waals surface area contributed by atoms with Gasteiger partial charge in [0.2, 0.25) is 5.88 Å². The molecule has 0 aliphatic carbocycles. The number of ether oxygens (including phenoxy) is 1. The number of hydrogen-bond donors (Lipinski definition) is 2. The van der Waals surface area contributed by atoms with Crippen LogP contribution in [0, 0.1) is 5.92 Å². The highest BCUT2D eigenvalue weighted by molar-refractivity contribution is 6.07. The summed E-state index contributed by atoms with van der Waals surface area (Å²) in [6.07, 6.45) is 3.32. The number of aromatic nitrogens is 2. The van der Waals surface area contributed by atoms with Crippen LogP contribution in [0.5, 0.6) is 5.88 Å². The van der Waals surface area contributed by atoms with Crippen LogP contribution in [0.25, 0.3) is 0 Å². The van der Waals surface area contributed by atoms with Crippen molar-refractivity contribution >= 4 is 17.4 Å². The van der Waals surface area contributed by atoms with Gasteiger partial charge in [-0.15, -0.1) is 0 Å². The van der Waals surface area contributed by atoms with Gasteiger partial charge < -0.3 is 20.3 Å². The van der Waals surface area contributed by atoms with Crippen LogP contribution in [0.2, 0.25) is 0 Å². The van der Waals surface area contributed by atoms with Crippen LogP contribution in [0.1, 0.15) is 47.2 Å². The summed E-state index contributed by atoms with van der Waals surface area (Å²) in [6.45, 7) is 3.28. The highest BCUT2D eigenvalue weighted by atomic mass is 19.4. The number of rotatable bonds is 10. The van der Waals surface area contributed by atoms with Crippen LogP contribution >= 0.6 is 0 Å². The number of alkyl halides is 3. The third-order valence-electron chi connectivity index (χ3n) is 6.60. The molecule has 1 saturated heterocycles. The summed E-state index contributed by atoms with van der Waals surface area (Å²) in [5.74, 6) is 1.05. The van der Waals surface area contributed by atoms with Crippen LogP contribution in [0.15, 0.2) is 60.9 Å². The standard InChI is InChI=1S/C28H32F3N5O2/c1-36-14-10-20(11-15-36)5-4-16-38-25-17-21(9-13-32-25)19-34-26-24(8-3-12-33-26)27(37)35-23-7-2-6-22(18-23)28(29,30)31/h2-3,6-9,12-13,17-18,20H,4-5,10-11,14-16,19H2,1H3,(H,33,34)(H,35,37). The van der Waals surface area contributed by atoms with Crippen molar-refractivity contribution in [3.8, 4) is 5.88 Å². The molecule has 4 rings (SSSR count). The van der Waals surface area contributed by atoms with Gasteiger partial charge in [0.25, 0.3) is 5.91 Å². The van der Waals surface area contributed by atoms with Gasteiger partial charge in [0.1, 0.15) is 5.82 Å². The maximum atomic E-state index is 13.0. The Kier molecular flexibility index (Phi) is 9.17. The second-order valence-electron chi connectivity index (χ2n) is 9.53. The Hall–Kier alpha value is -3.66. The predicted molar refractivity (Wildman–Crippen MR) is 140 cm³/mol. The zero-order valence-corrected chi connectivity index (χ0v) is 21.3. The van der Waals surface area contributed by atoms with Crippen molar-refractivity contribution in [2.45, 2.75) is 38.4 Å². The molecule has 0 bridgehead atoms. The Morgan fingerprint density at radius 2 is 1.89 bits per heavy atom. The molecule has 3 heterocycles. The molecule has 0 atom stereocenters. The van der Waals surface area contributed by atoms with Gasteiger partial charge in [-0.2, -0.15) is 13.2 Å². The monoisotopic (exact) mass is 527 g/mol. The lowest BCUT2D eigenvalue weighted by Gasteiger charge is -2.28. The lowest BCUT2D eigenvalue weighted by atomic mass is 9.93. The zero-order valence-electron chi connectivity index (χ0n) is 21.3. The van der Waals surface area contributed by atoms with Crippen LogP contribution < -0.4 is 15.4 Å². The second kappa shape index (κ2) is 12.7. The largest absolute Gasteiger partial charge is 0.478 e. The van der Waals surface area contributed by atoms with E-state index in [4.69, 9.17) is 4.74 Å². The molecule has 1 aromatic carbocycles. The first-order valence-corrected chi connectivity index (χ1v) is 12.7. The molecule has 0 radical (unpaired) electrons. The summed E-state index contributed by atoms with van der Waals surface area (Å²) in [5, 5.41) is 5.66. The van der Waals surface area contributed by atoms with Gasteiger partial charge in [-0.25, -0.2) is 9.97 Å². The van der Waals surface area contributed by atoms with Gasteiger partial charge in [-0.05, 0) is 93.7 Å². The number of carbonyl (C=O) groups excluding carboxylic acids is 1. The Morgan fingerprint density at radius 1 is 1.08 bits per heavy atom. The molecule has 38 heavy (non-hydrogen) atoms. The number of nitrogens with zero attached hydrogens (tertiary/aromatic N) is 3. The maximum absolute atomic E-state index is 13.0. The minimum absolute atomic E-state index is 0.0476. The average Bonchev–Trinajstić information content (AvgIpc) is 2.91. The third-order valence-corrected chi connectivity index (χ3v) is 6.60. The minimum Gasteiger partial charge on any atom is -0.478 e. The van der Waals surface area contributed by atoms with E-state index in [1.165, 1.54) is 31.2 Å². The van der Waals surface area contributed by atoms with E-state index >= 15 is 0 Å². The molecule has 7 nitrogen and oxygen atoms in total. The molecule has 0 spiro atoms. The van der Waals surface area contributed by atoms with Crippen molar-refractivity contribution in [1.82, 2.24) is 14.9 Å². The number of benzene rings is 1. The van der Waals surface area contributed by atoms with Crippen molar-refractivity contribution in [3.05, 3.63) is 77.6 Å². The molecule has 2 aromatic heterocycles. The third kappa shape index (κ3) is 7.92.